The van der Waals surface area contributed by atoms with Crippen LogP contribution in [0.2, 0.25) is 0 Å². The molecule has 2 aromatic rings. The molecule has 1 fully saturated rings. The van der Waals surface area contributed by atoms with E-state index in [2.05, 4.69) is 10.2 Å². The zero-order valence-corrected chi connectivity index (χ0v) is 14.9. The second-order valence-corrected chi connectivity index (χ2v) is 6.84. The first kappa shape index (κ1) is 16.9. The molecule has 4 rings (SSSR count). The lowest BCUT2D eigenvalue weighted by Crippen LogP contribution is -2.44. The maximum absolute atomic E-state index is 13.1. The van der Waals surface area contributed by atoms with E-state index in [1.165, 1.54) is 0 Å². The van der Waals surface area contributed by atoms with Gasteiger partial charge in [0.25, 0.3) is 0 Å². The summed E-state index contributed by atoms with van der Waals surface area (Å²) in [6, 6.07) is 16.0. The third-order valence-electron chi connectivity index (χ3n) is 4.91. The van der Waals surface area contributed by atoms with E-state index in [1.54, 1.807) is 0 Å². The summed E-state index contributed by atoms with van der Waals surface area (Å²) in [5, 5.41) is 3.09. The molecule has 0 spiro atoms. The molecule has 1 N–H and O–H groups in total. The number of ether oxygens (including phenoxy) is 1. The molecule has 0 aromatic heterocycles. The molecule has 0 saturated carbocycles. The van der Waals surface area contributed by atoms with Crippen molar-refractivity contribution in [3.8, 4) is 0 Å². The van der Waals surface area contributed by atoms with E-state index in [0.29, 0.717) is 19.8 Å². The molecule has 5 heteroatoms. The second-order valence-electron chi connectivity index (χ2n) is 6.84. The van der Waals surface area contributed by atoms with E-state index in [0.717, 1.165) is 41.3 Å². The van der Waals surface area contributed by atoms with Crippen molar-refractivity contribution in [2.45, 2.75) is 6.92 Å². The first-order chi connectivity index (χ1) is 12.7. The van der Waals surface area contributed by atoms with Crippen LogP contribution in [0.3, 0.4) is 0 Å². The van der Waals surface area contributed by atoms with Gasteiger partial charge in [0.15, 0.2) is 0 Å². The summed E-state index contributed by atoms with van der Waals surface area (Å²) in [5.41, 5.74) is 4.53. The van der Waals surface area contributed by atoms with E-state index in [9.17, 15) is 4.79 Å². The number of morpholine rings is 1. The Labute approximate surface area is 153 Å². The summed E-state index contributed by atoms with van der Waals surface area (Å²) in [6.45, 7) is 5.78. The van der Waals surface area contributed by atoms with Gasteiger partial charge in [-0.05, 0) is 30.2 Å². The molecule has 0 bridgehead atoms. The average molecular weight is 349 g/mol. The van der Waals surface area contributed by atoms with Gasteiger partial charge in [0, 0.05) is 19.6 Å². The van der Waals surface area contributed by atoms with Gasteiger partial charge in [0.1, 0.15) is 0 Å². The molecule has 2 aliphatic rings. The fourth-order valence-electron chi connectivity index (χ4n) is 3.49. The molecule has 2 aliphatic heterocycles. The van der Waals surface area contributed by atoms with Crippen molar-refractivity contribution >= 4 is 23.0 Å². The molecule has 1 saturated heterocycles. The number of benzene rings is 2. The molecular formula is C21H23N3O2. The van der Waals surface area contributed by atoms with E-state index in [1.807, 2.05) is 55.5 Å². The van der Waals surface area contributed by atoms with E-state index < -0.39 is 0 Å². The second kappa shape index (κ2) is 7.40. The van der Waals surface area contributed by atoms with Crippen LogP contribution in [0.25, 0.3) is 0 Å². The minimum Gasteiger partial charge on any atom is -0.379 e. The molecule has 26 heavy (non-hydrogen) atoms. The quantitative estimate of drug-likeness (QED) is 0.927. The Balaban J connectivity index is 1.75. The smallest absolute Gasteiger partial charge is 0.234 e. The molecule has 1 amide bonds. The highest BCUT2D eigenvalue weighted by Crippen LogP contribution is 2.32. The number of nitrogens with one attached hydrogen (secondary N) is 1. The highest BCUT2D eigenvalue weighted by Gasteiger charge is 2.31. The largest absolute Gasteiger partial charge is 0.379 e. The van der Waals surface area contributed by atoms with Crippen molar-refractivity contribution < 1.29 is 9.53 Å². The molecule has 2 aromatic carbocycles. The monoisotopic (exact) mass is 349 g/mol. The lowest BCUT2D eigenvalue weighted by molar-refractivity contribution is -0.118. The Bertz CT molecular complexity index is 826. The summed E-state index contributed by atoms with van der Waals surface area (Å²) >= 11 is 0. The van der Waals surface area contributed by atoms with Crippen LogP contribution >= 0.6 is 0 Å². The number of hydrogen-bond donors (Lipinski definition) is 1. The molecule has 0 radical (unpaired) electrons. The fourth-order valence-corrected chi connectivity index (χ4v) is 3.49. The van der Waals surface area contributed by atoms with Crippen molar-refractivity contribution in [1.29, 1.82) is 0 Å². The Morgan fingerprint density at radius 1 is 1.15 bits per heavy atom. The number of rotatable bonds is 3. The van der Waals surface area contributed by atoms with Crippen LogP contribution < -0.4 is 5.32 Å². The minimum atomic E-state index is -0.316. The molecule has 0 aliphatic carbocycles. The Morgan fingerprint density at radius 3 is 2.69 bits per heavy atom. The van der Waals surface area contributed by atoms with Crippen molar-refractivity contribution in [3.63, 3.8) is 0 Å². The first-order valence-corrected chi connectivity index (χ1v) is 9.06. The van der Waals surface area contributed by atoms with Crippen LogP contribution in [0.4, 0.5) is 11.4 Å². The van der Waals surface area contributed by atoms with Gasteiger partial charge in [-0.15, -0.1) is 0 Å². The predicted octanol–water partition coefficient (Wildman–Crippen LogP) is 3.02. The predicted molar refractivity (Wildman–Crippen MR) is 103 cm³/mol. The standard InChI is InChI=1S/C21H23N3O2/c1-15-7-8-18-19(13-15)23-21(25)17(14-24-9-11-26-12-10-24)20(22-18)16-5-3-2-4-6-16/h2-8,13,17H,9-12,14H2,1H3,(H,23,25). The summed E-state index contributed by atoms with van der Waals surface area (Å²) in [7, 11) is 0. The normalized spacial score (nSPS) is 20.7. The van der Waals surface area contributed by atoms with Crippen molar-refractivity contribution in [2.75, 3.05) is 38.2 Å². The summed E-state index contributed by atoms with van der Waals surface area (Å²) in [5.74, 6) is -0.313. The highest BCUT2D eigenvalue weighted by molar-refractivity contribution is 6.19. The van der Waals surface area contributed by atoms with Gasteiger partial charge < -0.3 is 10.1 Å². The molecule has 5 nitrogen and oxygen atoms in total. The summed E-state index contributed by atoms with van der Waals surface area (Å²) in [6.07, 6.45) is 0. The SMILES string of the molecule is Cc1ccc2c(c1)NC(=O)C(CN1CCOCC1)C(c1ccccc1)=N2. The van der Waals surface area contributed by atoms with Gasteiger partial charge >= 0.3 is 0 Å². The molecule has 134 valence electrons. The molecular weight excluding hydrogens is 326 g/mol. The van der Waals surface area contributed by atoms with Crippen molar-refractivity contribution in [3.05, 3.63) is 59.7 Å². The maximum atomic E-state index is 13.1. The number of aryl methyl sites for hydroxylation is 1. The van der Waals surface area contributed by atoms with Crippen LogP contribution in [-0.4, -0.2) is 49.4 Å². The Morgan fingerprint density at radius 2 is 1.92 bits per heavy atom. The third kappa shape index (κ3) is 3.54. The van der Waals surface area contributed by atoms with Crippen LogP contribution in [0, 0.1) is 12.8 Å². The van der Waals surface area contributed by atoms with Crippen LogP contribution in [-0.2, 0) is 9.53 Å². The topological polar surface area (TPSA) is 53.9 Å². The van der Waals surface area contributed by atoms with Crippen molar-refractivity contribution in [1.82, 2.24) is 4.90 Å². The number of carbonyl (C=O) groups excluding carboxylic acids is 1. The first-order valence-electron chi connectivity index (χ1n) is 9.06. The summed E-state index contributed by atoms with van der Waals surface area (Å²) in [4.78, 5) is 20.3. The number of anilines is 1. The number of fused-ring (bicyclic) bond motifs is 1. The molecule has 1 unspecified atom stereocenters. The highest BCUT2D eigenvalue weighted by atomic mass is 16.5. The van der Waals surface area contributed by atoms with E-state index in [4.69, 9.17) is 9.73 Å². The van der Waals surface area contributed by atoms with Gasteiger partial charge in [-0.3, -0.25) is 9.69 Å². The third-order valence-corrected chi connectivity index (χ3v) is 4.91. The van der Waals surface area contributed by atoms with E-state index >= 15 is 0 Å². The molecule has 2 heterocycles. The Hall–Kier alpha value is -2.50. The van der Waals surface area contributed by atoms with Gasteiger partial charge in [-0.1, -0.05) is 36.4 Å². The fraction of sp³-hybridized carbons (Fsp3) is 0.333. The number of hydrogen-bond acceptors (Lipinski definition) is 4. The average Bonchev–Trinajstić information content (AvgIpc) is 2.80. The number of nitrogens with zero attached hydrogens (tertiary/aromatic N) is 2. The zero-order valence-electron chi connectivity index (χ0n) is 14.9. The lowest BCUT2D eigenvalue weighted by atomic mass is 9.95. The molecule has 1 atom stereocenters. The van der Waals surface area contributed by atoms with Gasteiger partial charge in [0.2, 0.25) is 5.91 Å². The van der Waals surface area contributed by atoms with Crippen LogP contribution in [0.5, 0.6) is 0 Å². The Kier molecular flexibility index (Phi) is 4.82. The van der Waals surface area contributed by atoms with Gasteiger partial charge in [0.05, 0.1) is 36.2 Å². The summed E-state index contributed by atoms with van der Waals surface area (Å²) < 4.78 is 5.44. The maximum Gasteiger partial charge on any atom is 0.234 e. The van der Waals surface area contributed by atoms with Crippen LogP contribution in [0.1, 0.15) is 11.1 Å². The van der Waals surface area contributed by atoms with Gasteiger partial charge in [-0.25, -0.2) is 4.99 Å². The minimum absolute atomic E-state index is 0.00319. The number of aliphatic imine (C=N–C) groups is 1. The van der Waals surface area contributed by atoms with E-state index in [-0.39, 0.29) is 11.8 Å². The number of amides is 1. The van der Waals surface area contributed by atoms with Gasteiger partial charge in [-0.2, -0.15) is 0 Å². The number of carbonyl (C=O) groups is 1. The van der Waals surface area contributed by atoms with Crippen molar-refractivity contribution in [2.24, 2.45) is 10.9 Å². The zero-order chi connectivity index (χ0) is 17.9. The van der Waals surface area contributed by atoms with Crippen LogP contribution in [0.15, 0.2) is 53.5 Å². The lowest BCUT2D eigenvalue weighted by Gasteiger charge is -2.30.